The fourth-order valence-corrected chi connectivity index (χ4v) is 2.07. The molecule has 2 aliphatic rings. The Morgan fingerprint density at radius 2 is 1.88 bits per heavy atom. The van der Waals surface area contributed by atoms with Gasteiger partial charge in [0.15, 0.2) is 0 Å². The molecule has 0 atom stereocenters. The van der Waals surface area contributed by atoms with E-state index in [0.717, 1.165) is 37.6 Å². The zero-order valence-corrected chi connectivity index (χ0v) is 9.35. The Hall–Kier alpha value is -1.16. The fourth-order valence-electron chi connectivity index (χ4n) is 2.07. The number of hydrogen-bond acceptors (Lipinski definition) is 4. The van der Waals surface area contributed by atoms with Crippen molar-refractivity contribution in [2.24, 2.45) is 0 Å². The Labute approximate surface area is 95.4 Å². The van der Waals surface area contributed by atoms with Gasteiger partial charge in [-0.15, -0.1) is 5.10 Å². The summed E-state index contributed by atoms with van der Waals surface area (Å²) in [7, 11) is 0. The molecule has 0 amide bonds. The lowest BCUT2D eigenvalue weighted by Crippen LogP contribution is -2.15. The largest absolute Gasteiger partial charge is 0.381 e. The summed E-state index contributed by atoms with van der Waals surface area (Å²) in [5.74, 6) is 1.45. The number of ether oxygens (including phenoxy) is 1. The lowest BCUT2D eigenvalue weighted by atomic mass is 9.96. The molecule has 4 heteroatoms. The van der Waals surface area contributed by atoms with Crippen molar-refractivity contribution in [2.75, 3.05) is 18.5 Å². The van der Waals surface area contributed by atoms with Crippen molar-refractivity contribution < 1.29 is 4.74 Å². The van der Waals surface area contributed by atoms with Gasteiger partial charge in [0, 0.05) is 25.2 Å². The molecule has 4 nitrogen and oxygen atoms in total. The minimum absolute atomic E-state index is 0.538. The lowest BCUT2D eigenvalue weighted by molar-refractivity contribution is 0.0843. The van der Waals surface area contributed by atoms with Crippen LogP contribution in [0.15, 0.2) is 12.1 Å². The van der Waals surface area contributed by atoms with Crippen LogP contribution in [0.1, 0.15) is 37.3 Å². The van der Waals surface area contributed by atoms with Crippen LogP contribution in [-0.4, -0.2) is 29.5 Å². The molecule has 1 aliphatic carbocycles. The number of nitrogens with one attached hydrogen (secondary N) is 1. The topological polar surface area (TPSA) is 47.0 Å². The van der Waals surface area contributed by atoms with Crippen molar-refractivity contribution in [3.8, 4) is 0 Å². The maximum Gasteiger partial charge on any atom is 0.148 e. The predicted molar refractivity (Wildman–Crippen MR) is 61.5 cm³/mol. The normalized spacial score (nSPS) is 22.0. The summed E-state index contributed by atoms with van der Waals surface area (Å²) in [5, 5.41) is 11.9. The molecule has 86 valence electrons. The van der Waals surface area contributed by atoms with Crippen molar-refractivity contribution in [2.45, 2.75) is 37.6 Å². The second-order valence-corrected chi connectivity index (χ2v) is 4.65. The van der Waals surface area contributed by atoms with Gasteiger partial charge in [0.25, 0.3) is 0 Å². The van der Waals surface area contributed by atoms with Crippen LogP contribution in [-0.2, 0) is 4.74 Å². The number of nitrogens with zero attached hydrogens (tertiary/aromatic N) is 2. The molecule has 3 rings (SSSR count). The van der Waals surface area contributed by atoms with Gasteiger partial charge in [-0.05, 0) is 37.8 Å². The second kappa shape index (κ2) is 4.37. The van der Waals surface area contributed by atoms with Crippen LogP contribution in [0.5, 0.6) is 0 Å². The van der Waals surface area contributed by atoms with E-state index in [0.29, 0.717) is 12.0 Å². The molecule has 1 saturated heterocycles. The number of aromatic nitrogens is 2. The van der Waals surface area contributed by atoms with E-state index in [-0.39, 0.29) is 0 Å². The average Bonchev–Trinajstić information content (AvgIpc) is 3.15. The minimum atomic E-state index is 0.538. The Morgan fingerprint density at radius 1 is 1.06 bits per heavy atom. The molecule has 0 bridgehead atoms. The quantitative estimate of drug-likeness (QED) is 0.844. The molecule has 1 saturated carbocycles. The zero-order chi connectivity index (χ0) is 10.8. The molecule has 0 spiro atoms. The molecule has 0 aromatic carbocycles. The van der Waals surface area contributed by atoms with E-state index in [1.54, 1.807) is 0 Å². The van der Waals surface area contributed by atoms with Crippen molar-refractivity contribution in [1.29, 1.82) is 0 Å². The summed E-state index contributed by atoms with van der Waals surface area (Å²) in [6, 6.07) is 4.80. The molecule has 1 aromatic rings. The van der Waals surface area contributed by atoms with E-state index in [4.69, 9.17) is 4.74 Å². The first-order valence-electron chi connectivity index (χ1n) is 6.10. The van der Waals surface area contributed by atoms with Gasteiger partial charge in [0.1, 0.15) is 5.82 Å². The second-order valence-electron chi connectivity index (χ2n) is 4.65. The van der Waals surface area contributed by atoms with Crippen LogP contribution < -0.4 is 5.32 Å². The van der Waals surface area contributed by atoms with Crippen LogP contribution in [0.4, 0.5) is 5.82 Å². The van der Waals surface area contributed by atoms with Gasteiger partial charge in [-0.2, -0.15) is 5.10 Å². The third-order valence-electron chi connectivity index (χ3n) is 3.25. The molecular formula is C12H17N3O. The fraction of sp³-hybridized carbons (Fsp3) is 0.667. The van der Waals surface area contributed by atoms with E-state index >= 15 is 0 Å². The number of rotatable bonds is 3. The van der Waals surface area contributed by atoms with E-state index in [2.05, 4.69) is 27.6 Å². The van der Waals surface area contributed by atoms with E-state index in [9.17, 15) is 0 Å². The standard InChI is InChI=1S/C12H17N3O/c1-2-10(1)13-12-4-3-11(14-15-12)9-5-7-16-8-6-9/h3-4,9-10H,1-2,5-8H2,(H,13,15). The van der Waals surface area contributed by atoms with Crippen LogP contribution in [0.2, 0.25) is 0 Å². The Morgan fingerprint density at radius 3 is 2.50 bits per heavy atom. The highest BCUT2D eigenvalue weighted by molar-refractivity contribution is 5.36. The molecule has 0 radical (unpaired) electrons. The van der Waals surface area contributed by atoms with Crippen LogP contribution in [0.25, 0.3) is 0 Å². The maximum atomic E-state index is 5.35. The summed E-state index contributed by atoms with van der Waals surface area (Å²) in [6.07, 6.45) is 4.68. The minimum Gasteiger partial charge on any atom is -0.381 e. The summed E-state index contributed by atoms with van der Waals surface area (Å²) in [5.41, 5.74) is 1.12. The maximum absolute atomic E-state index is 5.35. The van der Waals surface area contributed by atoms with E-state index in [1.807, 2.05) is 0 Å². The predicted octanol–water partition coefficient (Wildman–Crippen LogP) is 1.94. The SMILES string of the molecule is c1cc(C2CCOCC2)nnc1NC1CC1. The van der Waals surface area contributed by atoms with Crippen molar-refractivity contribution >= 4 is 5.82 Å². The molecule has 1 N–H and O–H groups in total. The summed E-state index contributed by atoms with van der Waals surface area (Å²) in [6.45, 7) is 1.71. The van der Waals surface area contributed by atoms with Crippen molar-refractivity contribution in [1.82, 2.24) is 10.2 Å². The van der Waals surface area contributed by atoms with Crippen LogP contribution in [0, 0.1) is 0 Å². The summed E-state index contributed by atoms with van der Waals surface area (Å²) < 4.78 is 5.35. The monoisotopic (exact) mass is 219 g/mol. The molecular weight excluding hydrogens is 202 g/mol. The molecule has 0 unspecified atom stereocenters. The molecule has 2 heterocycles. The van der Waals surface area contributed by atoms with Gasteiger partial charge in [-0.3, -0.25) is 0 Å². The van der Waals surface area contributed by atoms with Gasteiger partial charge in [0.2, 0.25) is 0 Å². The molecule has 1 aliphatic heterocycles. The molecule has 16 heavy (non-hydrogen) atoms. The van der Waals surface area contributed by atoms with Gasteiger partial charge < -0.3 is 10.1 Å². The summed E-state index contributed by atoms with van der Waals surface area (Å²) in [4.78, 5) is 0. The van der Waals surface area contributed by atoms with Gasteiger partial charge in [0.05, 0.1) is 5.69 Å². The zero-order valence-electron chi connectivity index (χ0n) is 9.35. The Kier molecular flexibility index (Phi) is 2.74. The first-order valence-corrected chi connectivity index (χ1v) is 6.10. The highest BCUT2D eigenvalue weighted by atomic mass is 16.5. The van der Waals surface area contributed by atoms with Gasteiger partial charge in [-0.1, -0.05) is 0 Å². The first-order chi connectivity index (χ1) is 7.92. The van der Waals surface area contributed by atoms with Crippen LogP contribution >= 0.6 is 0 Å². The number of hydrogen-bond donors (Lipinski definition) is 1. The van der Waals surface area contributed by atoms with E-state index in [1.165, 1.54) is 12.8 Å². The van der Waals surface area contributed by atoms with Crippen molar-refractivity contribution in [3.05, 3.63) is 17.8 Å². The smallest absolute Gasteiger partial charge is 0.148 e. The third-order valence-corrected chi connectivity index (χ3v) is 3.25. The highest BCUT2D eigenvalue weighted by Crippen LogP contribution is 2.26. The lowest BCUT2D eigenvalue weighted by Gasteiger charge is -2.20. The van der Waals surface area contributed by atoms with Crippen molar-refractivity contribution in [3.63, 3.8) is 0 Å². The summed E-state index contributed by atoms with van der Waals surface area (Å²) >= 11 is 0. The van der Waals surface area contributed by atoms with Crippen LogP contribution in [0.3, 0.4) is 0 Å². The Bertz CT molecular complexity index is 342. The molecule has 1 aromatic heterocycles. The molecule has 2 fully saturated rings. The number of anilines is 1. The average molecular weight is 219 g/mol. The van der Waals surface area contributed by atoms with E-state index < -0.39 is 0 Å². The first kappa shape index (κ1) is 10.0. The highest BCUT2D eigenvalue weighted by Gasteiger charge is 2.22. The Balaban J connectivity index is 1.65. The van der Waals surface area contributed by atoms with Gasteiger partial charge >= 0.3 is 0 Å². The van der Waals surface area contributed by atoms with Gasteiger partial charge in [-0.25, -0.2) is 0 Å². The third kappa shape index (κ3) is 2.32.